The molecule has 0 saturated heterocycles. The summed E-state index contributed by atoms with van der Waals surface area (Å²) < 4.78 is 5.70. The molecule has 0 aliphatic rings. The number of phenolic OH excluding ortho intramolecular Hbond substituents is 1. The van der Waals surface area contributed by atoms with Crippen molar-refractivity contribution in [3.8, 4) is 28.6 Å². The number of rotatable bonds is 4. The number of aryl methyl sites for hydroxylation is 1. The van der Waals surface area contributed by atoms with E-state index < -0.39 is 5.97 Å². The van der Waals surface area contributed by atoms with Gasteiger partial charge in [-0.3, -0.25) is 0 Å². The van der Waals surface area contributed by atoms with Crippen molar-refractivity contribution >= 4 is 28.6 Å². The molecule has 0 saturated carbocycles. The van der Waals surface area contributed by atoms with Crippen LogP contribution in [-0.2, 0) is 0 Å². The summed E-state index contributed by atoms with van der Waals surface area (Å²) in [7, 11) is 0. The molecule has 0 atom stereocenters. The Morgan fingerprint density at radius 2 is 1.86 bits per heavy atom. The molecule has 1 heterocycles. The molecule has 0 aliphatic carbocycles. The number of nitrogens with zero attached hydrogens (tertiary/aromatic N) is 1. The van der Waals surface area contributed by atoms with E-state index in [4.69, 9.17) is 16.3 Å². The predicted octanol–water partition coefficient (Wildman–Crippen LogP) is 5.39. The molecule has 3 aromatic carbocycles. The van der Waals surface area contributed by atoms with Crippen molar-refractivity contribution in [2.45, 2.75) is 6.92 Å². The number of nitrogens with one attached hydrogen (secondary N) is 1. The number of benzene rings is 3. The Hall–Kier alpha value is -3.51. The summed E-state index contributed by atoms with van der Waals surface area (Å²) in [4.78, 5) is 18.7. The van der Waals surface area contributed by atoms with Crippen molar-refractivity contribution in [2.24, 2.45) is 0 Å². The van der Waals surface area contributed by atoms with Crippen LogP contribution in [0.3, 0.4) is 0 Å². The molecule has 0 aliphatic heterocycles. The molecular formula is C21H15ClN2O4. The maximum Gasteiger partial charge on any atom is 0.336 e. The van der Waals surface area contributed by atoms with Gasteiger partial charge in [0.25, 0.3) is 6.01 Å². The first-order chi connectivity index (χ1) is 13.4. The number of aromatic amines is 1. The molecule has 4 aromatic rings. The summed E-state index contributed by atoms with van der Waals surface area (Å²) >= 11 is 6.40. The van der Waals surface area contributed by atoms with Gasteiger partial charge in [-0.1, -0.05) is 29.8 Å². The summed E-state index contributed by atoms with van der Waals surface area (Å²) in [6.07, 6.45) is 0. The summed E-state index contributed by atoms with van der Waals surface area (Å²) in [6.45, 7) is 1.72. The maximum absolute atomic E-state index is 11.3. The van der Waals surface area contributed by atoms with E-state index in [1.807, 2.05) is 6.07 Å². The molecule has 6 nitrogen and oxygen atoms in total. The van der Waals surface area contributed by atoms with Crippen molar-refractivity contribution < 1.29 is 19.7 Å². The fraction of sp³-hybridized carbons (Fsp3) is 0.0476. The zero-order valence-corrected chi connectivity index (χ0v) is 15.5. The predicted molar refractivity (Wildman–Crippen MR) is 106 cm³/mol. The lowest BCUT2D eigenvalue weighted by atomic mass is 10.0. The van der Waals surface area contributed by atoms with Crippen LogP contribution in [0.5, 0.6) is 17.5 Å². The quantitative estimate of drug-likeness (QED) is 0.431. The van der Waals surface area contributed by atoms with E-state index in [2.05, 4.69) is 9.97 Å². The summed E-state index contributed by atoms with van der Waals surface area (Å²) in [6, 6.07) is 15.3. The minimum absolute atomic E-state index is 0.172. The van der Waals surface area contributed by atoms with Crippen LogP contribution in [0, 0.1) is 6.92 Å². The highest BCUT2D eigenvalue weighted by Gasteiger charge is 2.13. The molecule has 140 valence electrons. The summed E-state index contributed by atoms with van der Waals surface area (Å²) in [5, 5.41) is 19.2. The molecule has 0 radical (unpaired) electrons. The van der Waals surface area contributed by atoms with Gasteiger partial charge in [0.15, 0.2) is 0 Å². The second-order valence-corrected chi connectivity index (χ2v) is 6.73. The van der Waals surface area contributed by atoms with Gasteiger partial charge in [0.05, 0.1) is 21.6 Å². The lowest BCUT2D eigenvalue weighted by Gasteiger charge is -2.05. The lowest BCUT2D eigenvalue weighted by Crippen LogP contribution is -2.00. The van der Waals surface area contributed by atoms with Crippen LogP contribution in [0.15, 0.2) is 54.6 Å². The number of aromatic nitrogens is 2. The Morgan fingerprint density at radius 3 is 2.57 bits per heavy atom. The molecule has 0 bridgehead atoms. The van der Waals surface area contributed by atoms with Gasteiger partial charge in [0, 0.05) is 5.56 Å². The van der Waals surface area contributed by atoms with E-state index in [1.54, 1.807) is 49.4 Å². The standard InChI is InChI=1S/C21H15ClN2O4/c1-11-2-7-14(8-15(11)20(26)27)28-21-23-18-9-16(17(22)10-19(18)24-21)12-3-5-13(25)6-4-12/h2-10,25H,1H3,(H,23,24)(H,26,27). The van der Waals surface area contributed by atoms with Gasteiger partial charge >= 0.3 is 5.97 Å². The van der Waals surface area contributed by atoms with Crippen molar-refractivity contribution in [2.75, 3.05) is 0 Å². The van der Waals surface area contributed by atoms with E-state index in [9.17, 15) is 15.0 Å². The molecule has 0 amide bonds. The third-order valence-electron chi connectivity index (χ3n) is 4.38. The number of phenols is 1. The largest absolute Gasteiger partial charge is 0.508 e. The molecule has 3 N–H and O–H groups in total. The molecule has 4 rings (SSSR count). The fourth-order valence-corrected chi connectivity index (χ4v) is 3.20. The zero-order valence-electron chi connectivity index (χ0n) is 14.7. The summed E-state index contributed by atoms with van der Waals surface area (Å²) in [5.41, 5.74) is 3.78. The van der Waals surface area contributed by atoms with Gasteiger partial charge in [0.2, 0.25) is 0 Å². The first-order valence-electron chi connectivity index (χ1n) is 8.41. The maximum atomic E-state index is 11.3. The van der Waals surface area contributed by atoms with Crippen molar-refractivity contribution in [3.63, 3.8) is 0 Å². The molecular weight excluding hydrogens is 380 g/mol. The highest BCUT2D eigenvalue weighted by Crippen LogP contribution is 2.33. The Morgan fingerprint density at radius 1 is 1.11 bits per heavy atom. The fourth-order valence-electron chi connectivity index (χ4n) is 2.92. The Labute approximate surface area is 165 Å². The average molecular weight is 395 g/mol. The molecule has 0 unspecified atom stereocenters. The monoisotopic (exact) mass is 394 g/mol. The molecule has 7 heteroatoms. The number of carboxylic acids is 1. The first-order valence-corrected chi connectivity index (χ1v) is 8.79. The number of hydrogen-bond donors (Lipinski definition) is 3. The Balaban J connectivity index is 1.69. The van der Waals surface area contributed by atoms with Gasteiger partial charge in [-0.25, -0.2) is 4.79 Å². The molecule has 0 fully saturated rings. The van der Waals surface area contributed by atoms with Gasteiger partial charge in [-0.05, 0) is 54.4 Å². The van der Waals surface area contributed by atoms with Gasteiger partial charge in [-0.2, -0.15) is 4.98 Å². The number of halogens is 1. The van der Waals surface area contributed by atoms with Crippen LogP contribution in [0.1, 0.15) is 15.9 Å². The third-order valence-corrected chi connectivity index (χ3v) is 4.69. The zero-order chi connectivity index (χ0) is 19.8. The molecule has 28 heavy (non-hydrogen) atoms. The van der Waals surface area contributed by atoms with Crippen LogP contribution in [0.2, 0.25) is 5.02 Å². The highest BCUT2D eigenvalue weighted by molar-refractivity contribution is 6.34. The SMILES string of the molecule is Cc1ccc(Oc2nc3cc(-c4ccc(O)cc4)c(Cl)cc3[nH]2)cc1C(=O)O. The van der Waals surface area contributed by atoms with E-state index >= 15 is 0 Å². The molecule has 1 aromatic heterocycles. The second-order valence-electron chi connectivity index (χ2n) is 6.32. The summed E-state index contributed by atoms with van der Waals surface area (Å²) in [5.74, 6) is -0.472. The second kappa shape index (κ2) is 6.90. The number of imidazole rings is 1. The van der Waals surface area contributed by atoms with Crippen LogP contribution in [-0.4, -0.2) is 26.2 Å². The number of carboxylic acid groups (broad SMARTS) is 1. The smallest absolute Gasteiger partial charge is 0.336 e. The van der Waals surface area contributed by atoms with E-state index in [1.165, 1.54) is 6.07 Å². The third kappa shape index (κ3) is 3.37. The number of aromatic carboxylic acids is 1. The highest BCUT2D eigenvalue weighted by atomic mass is 35.5. The van der Waals surface area contributed by atoms with Gasteiger partial charge < -0.3 is 19.9 Å². The van der Waals surface area contributed by atoms with E-state index in [0.717, 1.165) is 11.1 Å². The number of aromatic hydroxyl groups is 1. The normalized spacial score (nSPS) is 10.9. The van der Waals surface area contributed by atoms with Gasteiger partial charge in [-0.15, -0.1) is 0 Å². The van der Waals surface area contributed by atoms with Crippen molar-refractivity contribution in [1.29, 1.82) is 0 Å². The lowest BCUT2D eigenvalue weighted by molar-refractivity contribution is 0.0695. The minimum Gasteiger partial charge on any atom is -0.508 e. The topological polar surface area (TPSA) is 95.4 Å². The molecule has 0 spiro atoms. The number of ether oxygens (including phenoxy) is 1. The van der Waals surface area contributed by atoms with Crippen LogP contribution in [0.4, 0.5) is 0 Å². The Kier molecular flexibility index (Phi) is 4.41. The van der Waals surface area contributed by atoms with Crippen LogP contribution < -0.4 is 4.74 Å². The van der Waals surface area contributed by atoms with Crippen LogP contribution >= 0.6 is 11.6 Å². The Bertz CT molecular complexity index is 1200. The van der Waals surface area contributed by atoms with Crippen molar-refractivity contribution in [1.82, 2.24) is 9.97 Å². The number of H-pyrrole nitrogens is 1. The minimum atomic E-state index is -1.02. The first kappa shape index (κ1) is 17.9. The number of fused-ring (bicyclic) bond motifs is 1. The number of hydrogen-bond acceptors (Lipinski definition) is 4. The van der Waals surface area contributed by atoms with Crippen molar-refractivity contribution in [3.05, 3.63) is 70.7 Å². The number of carbonyl (C=O) groups is 1. The van der Waals surface area contributed by atoms with E-state index in [-0.39, 0.29) is 17.3 Å². The van der Waals surface area contributed by atoms with Gasteiger partial charge in [0.1, 0.15) is 11.5 Å². The average Bonchev–Trinajstić information content (AvgIpc) is 3.04. The van der Waals surface area contributed by atoms with E-state index in [0.29, 0.717) is 27.4 Å². The van der Waals surface area contributed by atoms with Crippen LogP contribution in [0.25, 0.3) is 22.2 Å².